The van der Waals surface area contributed by atoms with Crippen molar-refractivity contribution in [2.24, 2.45) is 0 Å². The lowest BCUT2D eigenvalue weighted by molar-refractivity contribution is 0.0967. The number of carbonyl (C=O) groups is 2. The van der Waals surface area contributed by atoms with Crippen LogP contribution in [0.25, 0.3) is 21.9 Å². The van der Waals surface area contributed by atoms with Gasteiger partial charge in [0.2, 0.25) is 5.43 Å². The van der Waals surface area contributed by atoms with Crippen molar-refractivity contribution in [1.82, 2.24) is 9.80 Å². The Bertz CT molecular complexity index is 1130. The predicted molar refractivity (Wildman–Crippen MR) is 143 cm³/mol. The highest BCUT2D eigenvalue weighted by Crippen LogP contribution is 2.22. The minimum absolute atomic E-state index is 0.0407. The van der Waals surface area contributed by atoms with E-state index in [1.807, 2.05) is 0 Å². The fourth-order valence-electron chi connectivity index (χ4n) is 4.49. The van der Waals surface area contributed by atoms with E-state index in [4.69, 9.17) is 4.42 Å². The number of carbonyl (C=O) groups excluding carboxylic acids is 2. The van der Waals surface area contributed by atoms with Crippen LogP contribution in [-0.4, -0.2) is 60.6 Å². The maximum Gasteiger partial charge on any atom is 0.200 e. The molecular formula is C29H38N2O4. The smallest absolute Gasteiger partial charge is 0.200 e. The number of nitrogens with zero attached hydrogens (tertiary/aromatic N) is 2. The van der Waals surface area contributed by atoms with Gasteiger partial charge in [0.25, 0.3) is 0 Å². The van der Waals surface area contributed by atoms with Crippen molar-refractivity contribution in [1.29, 1.82) is 0 Å². The first-order valence-electron chi connectivity index (χ1n) is 12.9. The first kappa shape index (κ1) is 26.8. The lowest BCUT2D eigenvalue weighted by Crippen LogP contribution is -2.24. The van der Waals surface area contributed by atoms with Gasteiger partial charge < -0.3 is 14.2 Å². The molecule has 3 aromatic rings. The summed E-state index contributed by atoms with van der Waals surface area (Å²) >= 11 is 0. The number of hydrogen-bond donors (Lipinski definition) is 0. The average Bonchev–Trinajstić information content (AvgIpc) is 2.88. The van der Waals surface area contributed by atoms with Crippen LogP contribution in [0.3, 0.4) is 0 Å². The van der Waals surface area contributed by atoms with Crippen molar-refractivity contribution in [2.45, 2.75) is 53.4 Å². The first-order chi connectivity index (χ1) is 16.9. The zero-order chi connectivity index (χ0) is 25.4. The van der Waals surface area contributed by atoms with Crippen molar-refractivity contribution in [3.63, 3.8) is 0 Å². The monoisotopic (exact) mass is 478 g/mol. The van der Waals surface area contributed by atoms with E-state index in [0.29, 0.717) is 45.9 Å². The highest BCUT2D eigenvalue weighted by Gasteiger charge is 2.14. The van der Waals surface area contributed by atoms with E-state index in [0.717, 1.165) is 52.1 Å². The second kappa shape index (κ2) is 12.8. The number of hydrogen-bond acceptors (Lipinski definition) is 6. The van der Waals surface area contributed by atoms with E-state index >= 15 is 0 Å². The Labute approximate surface area is 207 Å². The van der Waals surface area contributed by atoms with Crippen molar-refractivity contribution in [2.75, 3.05) is 39.3 Å². The van der Waals surface area contributed by atoms with Crippen LogP contribution in [0.4, 0.5) is 0 Å². The van der Waals surface area contributed by atoms with E-state index in [1.54, 1.807) is 36.4 Å². The molecule has 1 aromatic heterocycles. The lowest BCUT2D eigenvalue weighted by Gasteiger charge is -2.17. The molecule has 0 spiro atoms. The SMILES string of the molecule is CCN(CC)CCCC(=O)c1ccc2c(=O)c3ccc(C(=O)CCCN(CC)CC)cc3oc2c1. The molecule has 3 rings (SSSR count). The molecule has 2 aromatic carbocycles. The van der Waals surface area contributed by atoms with Gasteiger partial charge in [0, 0.05) is 24.0 Å². The summed E-state index contributed by atoms with van der Waals surface area (Å²) in [5.41, 5.74) is 1.69. The first-order valence-corrected chi connectivity index (χ1v) is 12.9. The van der Waals surface area contributed by atoms with Gasteiger partial charge in [-0.05, 0) is 76.4 Å². The molecule has 0 saturated heterocycles. The predicted octanol–water partition coefficient (Wildman–Crippen LogP) is 5.56. The number of fused-ring (bicyclic) bond motifs is 2. The highest BCUT2D eigenvalue weighted by molar-refractivity contribution is 6.02. The van der Waals surface area contributed by atoms with Crippen LogP contribution in [0, 0.1) is 0 Å². The van der Waals surface area contributed by atoms with Gasteiger partial charge in [-0.2, -0.15) is 0 Å². The summed E-state index contributed by atoms with van der Waals surface area (Å²) in [6.45, 7) is 14.1. The number of benzene rings is 2. The third-order valence-electron chi connectivity index (χ3n) is 6.86. The quantitative estimate of drug-likeness (QED) is 0.223. The zero-order valence-electron chi connectivity index (χ0n) is 21.6. The molecule has 0 saturated carbocycles. The minimum Gasteiger partial charge on any atom is -0.456 e. The Morgan fingerprint density at radius 1 is 0.686 bits per heavy atom. The Morgan fingerprint density at radius 2 is 1.09 bits per heavy atom. The van der Waals surface area contributed by atoms with Gasteiger partial charge >= 0.3 is 0 Å². The molecule has 0 aliphatic heterocycles. The summed E-state index contributed by atoms with van der Waals surface area (Å²) in [6, 6.07) is 10.1. The van der Waals surface area contributed by atoms with E-state index in [-0.39, 0.29) is 17.0 Å². The van der Waals surface area contributed by atoms with Crippen LogP contribution < -0.4 is 5.43 Å². The molecule has 0 fully saturated rings. The van der Waals surface area contributed by atoms with E-state index in [9.17, 15) is 14.4 Å². The van der Waals surface area contributed by atoms with Gasteiger partial charge in [-0.25, -0.2) is 0 Å². The molecule has 0 bridgehead atoms. The van der Waals surface area contributed by atoms with E-state index in [2.05, 4.69) is 37.5 Å². The third-order valence-corrected chi connectivity index (χ3v) is 6.86. The Kier molecular flexibility index (Phi) is 9.75. The zero-order valence-corrected chi connectivity index (χ0v) is 21.6. The second-order valence-corrected chi connectivity index (χ2v) is 8.96. The molecular weight excluding hydrogens is 440 g/mol. The van der Waals surface area contributed by atoms with Crippen LogP contribution in [0.2, 0.25) is 0 Å². The fourth-order valence-corrected chi connectivity index (χ4v) is 4.49. The topological polar surface area (TPSA) is 70.8 Å². The molecule has 0 unspecified atom stereocenters. The normalized spacial score (nSPS) is 11.7. The van der Waals surface area contributed by atoms with Crippen LogP contribution >= 0.6 is 0 Å². The van der Waals surface area contributed by atoms with Gasteiger partial charge in [0.1, 0.15) is 11.2 Å². The summed E-state index contributed by atoms with van der Waals surface area (Å²) in [4.78, 5) is 43.1. The Hall–Kier alpha value is -2.83. The Balaban J connectivity index is 1.79. The summed E-state index contributed by atoms with van der Waals surface area (Å²) in [6.07, 6.45) is 2.48. The number of Topliss-reactive ketones (excluding diaryl/α,β-unsaturated/α-hetero) is 2. The van der Waals surface area contributed by atoms with Crippen molar-refractivity contribution in [3.05, 3.63) is 57.7 Å². The van der Waals surface area contributed by atoms with Crippen molar-refractivity contribution < 1.29 is 14.0 Å². The molecule has 6 heteroatoms. The number of ketones is 2. The third kappa shape index (κ3) is 6.65. The van der Waals surface area contributed by atoms with E-state index in [1.165, 1.54) is 0 Å². The summed E-state index contributed by atoms with van der Waals surface area (Å²) in [7, 11) is 0. The van der Waals surface area contributed by atoms with Gasteiger partial charge in [-0.1, -0.05) is 39.8 Å². The highest BCUT2D eigenvalue weighted by atomic mass is 16.3. The summed E-state index contributed by atoms with van der Waals surface area (Å²) < 4.78 is 6.04. The van der Waals surface area contributed by atoms with Gasteiger partial charge in [0.15, 0.2) is 11.6 Å². The summed E-state index contributed by atoms with van der Waals surface area (Å²) in [5.74, 6) is 0.0814. The standard InChI is InChI=1S/C29H38N2O4/c1-5-30(6-2)17-9-11-25(32)21-13-15-23-27(19-21)35-28-20-22(14-16-24(28)29(23)34)26(33)12-10-18-31(7-3)8-4/h13-16,19-20H,5-12,17-18H2,1-4H3. The van der Waals surface area contributed by atoms with Crippen LogP contribution in [0.5, 0.6) is 0 Å². The number of rotatable bonds is 14. The molecule has 0 N–H and O–H groups in total. The van der Waals surface area contributed by atoms with Crippen molar-refractivity contribution in [3.8, 4) is 0 Å². The molecule has 0 amide bonds. The Morgan fingerprint density at radius 3 is 1.46 bits per heavy atom. The van der Waals surface area contributed by atoms with Crippen LogP contribution in [0.1, 0.15) is 74.1 Å². The maximum absolute atomic E-state index is 13.0. The molecule has 188 valence electrons. The van der Waals surface area contributed by atoms with Gasteiger partial charge in [-0.15, -0.1) is 0 Å². The molecule has 0 atom stereocenters. The van der Waals surface area contributed by atoms with Crippen LogP contribution in [-0.2, 0) is 0 Å². The maximum atomic E-state index is 13.0. The minimum atomic E-state index is -0.151. The molecule has 1 heterocycles. The summed E-state index contributed by atoms with van der Waals surface area (Å²) in [5, 5.41) is 0.881. The molecule has 6 nitrogen and oxygen atoms in total. The molecule has 0 aliphatic carbocycles. The lowest BCUT2D eigenvalue weighted by atomic mass is 10.0. The van der Waals surface area contributed by atoms with Gasteiger partial charge in [0.05, 0.1) is 10.8 Å². The second-order valence-electron chi connectivity index (χ2n) is 8.96. The molecule has 0 aliphatic rings. The van der Waals surface area contributed by atoms with Gasteiger partial charge in [-0.3, -0.25) is 14.4 Å². The molecule has 35 heavy (non-hydrogen) atoms. The fraction of sp³-hybridized carbons (Fsp3) is 0.483. The van der Waals surface area contributed by atoms with E-state index < -0.39 is 0 Å². The average molecular weight is 479 g/mol. The largest absolute Gasteiger partial charge is 0.456 e. The van der Waals surface area contributed by atoms with Crippen LogP contribution in [0.15, 0.2) is 45.6 Å². The van der Waals surface area contributed by atoms with Crippen molar-refractivity contribution >= 4 is 33.5 Å². The molecule has 0 radical (unpaired) electrons.